The Kier molecular flexibility index (Phi) is 6.51. The number of anilines is 1. The van der Waals surface area contributed by atoms with Gasteiger partial charge in [0.1, 0.15) is 11.4 Å². The number of methoxy groups -OCH3 is 1. The maximum absolute atomic E-state index is 12.0. The van der Waals surface area contributed by atoms with Crippen molar-refractivity contribution in [2.45, 2.75) is 11.8 Å². The van der Waals surface area contributed by atoms with Crippen LogP contribution in [0.4, 0.5) is 10.8 Å². The van der Waals surface area contributed by atoms with Crippen molar-refractivity contribution in [2.24, 2.45) is 5.14 Å². The van der Waals surface area contributed by atoms with Crippen LogP contribution >= 0.6 is 11.6 Å². The average Bonchev–Trinajstić information content (AvgIpc) is 3.18. The smallest absolute Gasteiger partial charge is 0.350 e. The number of nitrogens with one attached hydrogen (secondary N) is 1. The van der Waals surface area contributed by atoms with E-state index in [2.05, 4.69) is 10.3 Å². The standard InChI is InChI=1S/C19H19ClN4O6S/c1-3-22-18(25)24(26)19-23-16(12-6-9-15(29-2)14(20)10-12)17(30-19)11-4-7-13(8-5-11)31(21,27)28/h4-10,26H,3H2,1-2H3,(H,22,25)(H2,21,27,28). The number of rotatable bonds is 6. The number of hydroxylamine groups is 1. The van der Waals surface area contributed by atoms with Crippen LogP contribution in [0.3, 0.4) is 0 Å². The van der Waals surface area contributed by atoms with Crippen LogP contribution in [0.2, 0.25) is 5.02 Å². The van der Waals surface area contributed by atoms with Crippen molar-refractivity contribution in [1.82, 2.24) is 10.3 Å². The molecule has 4 N–H and O–H groups in total. The lowest BCUT2D eigenvalue weighted by molar-refractivity contribution is 0.196. The molecule has 3 aromatic rings. The number of urea groups is 1. The number of ether oxygens (including phenoxy) is 1. The van der Waals surface area contributed by atoms with Gasteiger partial charge >= 0.3 is 12.0 Å². The number of nitrogens with zero attached hydrogens (tertiary/aromatic N) is 2. The summed E-state index contributed by atoms with van der Waals surface area (Å²) < 4.78 is 33.9. The summed E-state index contributed by atoms with van der Waals surface area (Å²) in [5.41, 5.74) is 1.19. The zero-order valence-electron chi connectivity index (χ0n) is 16.5. The number of carbonyl (C=O) groups excluding carboxylic acids is 1. The summed E-state index contributed by atoms with van der Waals surface area (Å²) in [5, 5.41) is 18.3. The number of oxazole rings is 1. The Balaban J connectivity index is 2.14. The normalized spacial score (nSPS) is 11.3. The number of hydrogen-bond donors (Lipinski definition) is 3. The monoisotopic (exact) mass is 466 g/mol. The number of sulfonamides is 1. The van der Waals surface area contributed by atoms with E-state index in [4.69, 9.17) is 25.9 Å². The maximum Gasteiger partial charge on any atom is 0.350 e. The minimum Gasteiger partial charge on any atom is -0.495 e. The lowest BCUT2D eigenvalue weighted by Crippen LogP contribution is -2.37. The van der Waals surface area contributed by atoms with E-state index < -0.39 is 22.1 Å². The minimum atomic E-state index is -3.88. The first-order valence-corrected chi connectivity index (χ1v) is 10.8. The molecule has 0 bridgehead atoms. The molecule has 164 valence electrons. The van der Waals surface area contributed by atoms with Gasteiger partial charge in [-0.1, -0.05) is 11.6 Å². The molecule has 3 rings (SSSR count). The molecule has 0 atom stereocenters. The van der Waals surface area contributed by atoms with Gasteiger partial charge < -0.3 is 14.5 Å². The SMILES string of the molecule is CCNC(=O)N(O)c1nc(-c2ccc(OC)c(Cl)c2)c(-c2ccc(S(N)(=O)=O)cc2)o1. The van der Waals surface area contributed by atoms with Gasteiger partial charge in [-0.2, -0.15) is 4.98 Å². The van der Waals surface area contributed by atoms with E-state index in [0.717, 1.165) is 0 Å². The number of nitrogens with two attached hydrogens (primary N) is 1. The molecule has 0 aliphatic carbocycles. The molecule has 0 saturated heterocycles. The third kappa shape index (κ3) is 4.80. The Morgan fingerprint density at radius 1 is 1.26 bits per heavy atom. The summed E-state index contributed by atoms with van der Waals surface area (Å²) in [7, 11) is -2.41. The number of hydrogen-bond acceptors (Lipinski definition) is 7. The number of amides is 2. The first-order chi connectivity index (χ1) is 14.7. The Morgan fingerprint density at radius 2 is 1.90 bits per heavy atom. The highest BCUT2D eigenvalue weighted by Gasteiger charge is 2.24. The Bertz CT molecular complexity index is 1210. The van der Waals surface area contributed by atoms with E-state index in [0.29, 0.717) is 21.9 Å². The van der Waals surface area contributed by atoms with Gasteiger partial charge in [-0.3, -0.25) is 5.21 Å². The van der Waals surface area contributed by atoms with Gasteiger partial charge in [-0.05, 0) is 49.4 Å². The van der Waals surface area contributed by atoms with Gasteiger partial charge in [0.2, 0.25) is 10.0 Å². The molecule has 0 aliphatic rings. The zero-order valence-corrected chi connectivity index (χ0v) is 18.1. The highest BCUT2D eigenvalue weighted by Crippen LogP contribution is 2.38. The van der Waals surface area contributed by atoms with Crippen LogP contribution in [0, 0.1) is 0 Å². The van der Waals surface area contributed by atoms with Crippen molar-refractivity contribution in [3.63, 3.8) is 0 Å². The fraction of sp³-hybridized carbons (Fsp3) is 0.158. The molecule has 0 aliphatic heterocycles. The number of halogens is 1. The second-order valence-electron chi connectivity index (χ2n) is 6.24. The second kappa shape index (κ2) is 8.94. The lowest BCUT2D eigenvalue weighted by atomic mass is 10.1. The van der Waals surface area contributed by atoms with Gasteiger partial charge in [-0.15, -0.1) is 5.06 Å². The van der Waals surface area contributed by atoms with E-state index in [1.54, 1.807) is 25.1 Å². The molecule has 1 heterocycles. The second-order valence-corrected chi connectivity index (χ2v) is 8.21. The molecule has 2 amide bonds. The summed E-state index contributed by atoms with van der Waals surface area (Å²) >= 11 is 6.22. The molecule has 1 aromatic heterocycles. The zero-order chi connectivity index (χ0) is 22.8. The summed E-state index contributed by atoms with van der Waals surface area (Å²) in [6.07, 6.45) is 0. The number of benzene rings is 2. The van der Waals surface area contributed by atoms with Crippen LogP contribution in [0.15, 0.2) is 51.8 Å². The van der Waals surface area contributed by atoms with Crippen molar-refractivity contribution in [3.05, 3.63) is 47.5 Å². The van der Waals surface area contributed by atoms with Crippen LogP contribution in [-0.4, -0.2) is 38.3 Å². The fourth-order valence-electron chi connectivity index (χ4n) is 2.71. The molecule has 0 fully saturated rings. The Hall–Kier alpha value is -3.12. The quantitative estimate of drug-likeness (QED) is 0.373. The number of carbonyl (C=O) groups is 1. The van der Waals surface area contributed by atoms with Crippen molar-refractivity contribution in [3.8, 4) is 28.3 Å². The first-order valence-electron chi connectivity index (χ1n) is 8.90. The Labute approximate surface area is 183 Å². The molecule has 0 spiro atoms. The molecule has 12 heteroatoms. The van der Waals surface area contributed by atoms with Crippen LogP contribution < -0.4 is 20.3 Å². The van der Waals surface area contributed by atoms with Gasteiger partial charge in [0, 0.05) is 17.7 Å². The average molecular weight is 467 g/mol. The third-order valence-electron chi connectivity index (χ3n) is 4.19. The number of aromatic nitrogens is 1. The molecule has 0 saturated carbocycles. The summed E-state index contributed by atoms with van der Waals surface area (Å²) in [6, 6.07) is 9.19. The fourth-order valence-corrected chi connectivity index (χ4v) is 3.49. The molecule has 31 heavy (non-hydrogen) atoms. The predicted molar refractivity (Wildman–Crippen MR) is 114 cm³/mol. The van der Waals surface area contributed by atoms with E-state index in [1.165, 1.54) is 31.4 Å². The van der Waals surface area contributed by atoms with Gasteiger partial charge in [-0.25, -0.2) is 18.4 Å². The molecule has 0 unspecified atom stereocenters. The lowest BCUT2D eigenvalue weighted by Gasteiger charge is -2.09. The first kappa shape index (κ1) is 22.6. The maximum atomic E-state index is 12.0. The topological polar surface area (TPSA) is 148 Å². The summed E-state index contributed by atoms with van der Waals surface area (Å²) in [4.78, 5) is 16.1. The number of primary sulfonamides is 1. The Morgan fingerprint density at radius 3 is 2.45 bits per heavy atom. The van der Waals surface area contributed by atoms with E-state index in [1.807, 2.05) is 0 Å². The van der Waals surface area contributed by atoms with E-state index in [9.17, 15) is 18.4 Å². The highest BCUT2D eigenvalue weighted by atomic mass is 35.5. The summed E-state index contributed by atoms with van der Waals surface area (Å²) in [5.74, 6) is 0.611. The molecule has 2 aromatic carbocycles. The molecular formula is C19H19ClN4O6S. The van der Waals surface area contributed by atoms with E-state index >= 15 is 0 Å². The van der Waals surface area contributed by atoms with Crippen LogP contribution in [0.25, 0.3) is 22.6 Å². The minimum absolute atomic E-state index is 0.0869. The predicted octanol–water partition coefficient (Wildman–Crippen LogP) is 3.24. The van der Waals surface area contributed by atoms with Crippen LogP contribution in [0.1, 0.15) is 6.92 Å². The van der Waals surface area contributed by atoms with Crippen molar-refractivity contribution < 1.29 is 27.6 Å². The van der Waals surface area contributed by atoms with Crippen molar-refractivity contribution in [1.29, 1.82) is 0 Å². The molecular weight excluding hydrogens is 448 g/mol. The highest BCUT2D eigenvalue weighted by molar-refractivity contribution is 7.89. The largest absolute Gasteiger partial charge is 0.495 e. The van der Waals surface area contributed by atoms with Gasteiger partial charge in [0.05, 0.1) is 17.0 Å². The molecule has 0 radical (unpaired) electrons. The van der Waals surface area contributed by atoms with Gasteiger partial charge in [0.15, 0.2) is 5.76 Å². The van der Waals surface area contributed by atoms with E-state index in [-0.39, 0.29) is 28.0 Å². The van der Waals surface area contributed by atoms with Crippen LogP contribution in [0.5, 0.6) is 5.75 Å². The van der Waals surface area contributed by atoms with Crippen molar-refractivity contribution >= 4 is 33.7 Å². The summed E-state index contributed by atoms with van der Waals surface area (Å²) in [6.45, 7) is 1.96. The van der Waals surface area contributed by atoms with Crippen molar-refractivity contribution in [2.75, 3.05) is 18.7 Å². The third-order valence-corrected chi connectivity index (χ3v) is 5.41. The van der Waals surface area contributed by atoms with Gasteiger partial charge in [0.25, 0.3) is 0 Å². The van der Waals surface area contributed by atoms with Crippen LogP contribution in [-0.2, 0) is 10.0 Å². The molecule has 10 nitrogen and oxygen atoms in total.